The summed E-state index contributed by atoms with van der Waals surface area (Å²) in [6, 6.07) is 26.3. The number of hydrogen-bond acceptors (Lipinski definition) is 0. The van der Waals surface area contributed by atoms with Crippen molar-refractivity contribution in [1.29, 1.82) is 0 Å². The molecule has 0 aliphatic carbocycles. The van der Waals surface area contributed by atoms with Gasteiger partial charge in [-0.25, -0.2) is 0 Å². The lowest BCUT2D eigenvalue weighted by molar-refractivity contribution is 1.14. The van der Waals surface area contributed by atoms with E-state index < -0.39 is 0 Å². The molecule has 2 heteroatoms. The Morgan fingerprint density at radius 1 is 0.619 bits per heavy atom. The smallest absolute Gasteiger partial charge is 0.0849 e. The molecule has 0 spiro atoms. The summed E-state index contributed by atoms with van der Waals surface area (Å²) in [7, 11) is 0. The summed E-state index contributed by atoms with van der Waals surface area (Å²) in [5.41, 5.74) is 4.37. The lowest BCUT2D eigenvalue weighted by atomic mass is 10.00. The molecule has 0 radical (unpaired) electrons. The molecule has 0 aromatic heterocycles. The highest BCUT2D eigenvalue weighted by atomic mass is 35.5. The Morgan fingerprint density at radius 2 is 1.19 bits per heavy atom. The topological polar surface area (TPSA) is 0 Å². The largest absolute Gasteiger partial charge is 0.113 e. The minimum Gasteiger partial charge on any atom is -0.113 e. The fourth-order valence-corrected chi connectivity index (χ4v) is 2.97. The van der Waals surface area contributed by atoms with Crippen molar-refractivity contribution in [1.82, 2.24) is 0 Å². The molecule has 1 atom stereocenters. The fraction of sp³-hybridized carbons (Fsp3) is 0.0526. The lowest BCUT2D eigenvalue weighted by Gasteiger charge is -2.12. The average molecular weight is 313 g/mol. The van der Waals surface area contributed by atoms with Crippen molar-refractivity contribution >= 4 is 23.2 Å². The molecule has 0 amide bonds. The van der Waals surface area contributed by atoms with Crippen LogP contribution in [-0.2, 0) is 0 Å². The van der Waals surface area contributed by atoms with Gasteiger partial charge in [-0.15, -0.1) is 11.6 Å². The van der Waals surface area contributed by atoms with Gasteiger partial charge in [-0.3, -0.25) is 0 Å². The molecule has 21 heavy (non-hydrogen) atoms. The number of benzene rings is 3. The first-order valence-corrected chi connectivity index (χ1v) is 7.61. The second-order valence-corrected chi connectivity index (χ2v) is 5.72. The molecule has 0 nitrogen and oxygen atoms in total. The molecule has 0 saturated heterocycles. The number of halogens is 2. The van der Waals surface area contributed by atoms with E-state index in [4.69, 9.17) is 23.2 Å². The maximum Gasteiger partial charge on any atom is 0.0849 e. The van der Waals surface area contributed by atoms with Gasteiger partial charge in [-0.05, 0) is 28.3 Å². The third kappa shape index (κ3) is 3.12. The normalized spacial score (nSPS) is 12.1. The summed E-state index contributed by atoms with van der Waals surface area (Å²) < 4.78 is 0. The van der Waals surface area contributed by atoms with Gasteiger partial charge in [0.1, 0.15) is 0 Å². The Hall–Kier alpha value is -1.76. The predicted octanol–water partition coefficient (Wildman–Crippen LogP) is 6.34. The summed E-state index contributed by atoms with van der Waals surface area (Å²) in [6.07, 6.45) is 0. The van der Waals surface area contributed by atoms with Crippen LogP contribution in [0.5, 0.6) is 0 Å². The Bertz CT molecular complexity index is 718. The molecule has 1 unspecified atom stereocenters. The van der Waals surface area contributed by atoms with Gasteiger partial charge in [-0.2, -0.15) is 0 Å². The fourth-order valence-electron chi connectivity index (χ4n) is 2.34. The zero-order chi connectivity index (χ0) is 14.7. The van der Waals surface area contributed by atoms with Crippen molar-refractivity contribution in [3.05, 3.63) is 95.0 Å². The molecule has 0 heterocycles. The van der Waals surface area contributed by atoms with Crippen LogP contribution in [0.15, 0.2) is 78.9 Å². The van der Waals surface area contributed by atoms with Crippen LogP contribution in [0, 0.1) is 0 Å². The number of hydrogen-bond donors (Lipinski definition) is 0. The van der Waals surface area contributed by atoms with Crippen molar-refractivity contribution < 1.29 is 0 Å². The zero-order valence-electron chi connectivity index (χ0n) is 11.3. The molecule has 0 aliphatic rings. The van der Waals surface area contributed by atoms with Crippen LogP contribution in [0.4, 0.5) is 0 Å². The average Bonchev–Trinajstić information content (AvgIpc) is 2.56. The van der Waals surface area contributed by atoms with Crippen molar-refractivity contribution in [2.45, 2.75) is 5.38 Å². The van der Waals surface area contributed by atoms with E-state index in [0.29, 0.717) is 5.02 Å². The van der Waals surface area contributed by atoms with Gasteiger partial charge in [0.25, 0.3) is 0 Å². The molecular weight excluding hydrogens is 299 g/mol. The third-order valence-electron chi connectivity index (χ3n) is 3.49. The quantitative estimate of drug-likeness (QED) is 0.495. The second-order valence-electron chi connectivity index (χ2n) is 4.87. The van der Waals surface area contributed by atoms with Crippen molar-refractivity contribution in [2.24, 2.45) is 0 Å². The summed E-state index contributed by atoms with van der Waals surface area (Å²) in [4.78, 5) is 0. The van der Waals surface area contributed by atoms with E-state index in [1.54, 1.807) is 0 Å². The van der Waals surface area contributed by atoms with Gasteiger partial charge in [0, 0.05) is 5.02 Å². The number of alkyl halides is 1. The van der Waals surface area contributed by atoms with E-state index in [1.165, 1.54) is 11.1 Å². The molecular formula is C19H14Cl2. The summed E-state index contributed by atoms with van der Waals surface area (Å²) in [5.74, 6) is 0. The van der Waals surface area contributed by atoms with Crippen LogP contribution in [-0.4, -0.2) is 0 Å². The summed E-state index contributed by atoms with van der Waals surface area (Å²) in [6.45, 7) is 0. The van der Waals surface area contributed by atoms with Crippen molar-refractivity contribution in [3.63, 3.8) is 0 Å². The molecule has 3 aromatic rings. The van der Waals surface area contributed by atoms with Crippen LogP contribution in [0.25, 0.3) is 11.1 Å². The molecule has 3 aromatic carbocycles. The van der Waals surface area contributed by atoms with Gasteiger partial charge in [0.2, 0.25) is 0 Å². The van der Waals surface area contributed by atoms with Crippen LogP contribution < -0.4 is 0 Å². The van der Waals surface area contributed by atoms with Gasteiger partial charge in [0.15, 0.2) is 0 Å². The summed E-state index contributed by atoms with van der Waals surface area (Å²) >= 11 is 12.8. The highest BCUT2D eigenvalue weighted by molar-refractivity contribution is 6.33. The first-order chi connectivity index (χ1) is 10.3. The minimum absolute atomic E-state index is 0.233. The maximum atomic E-state index is 6.55. The highest BCUT2D eigenvalue weighted by Gasteiger charge is 2.13. The van der Waals surface area contributed by atoms with E-state index in [0.717, 1.165) is 11.1 Å². The van der Waals surface area contributed by atoms with Crippen molar-refractivity contribution in [3.8, 4) is 11.1 Å². The van der Waals surface area contributed by atoms with Gasteiger partial charge in [0.05, 0.1) is 5.38 Å². The minimum atomic E-state index is -0.233. The Kier molecular flexibility index (Phi) is 4.28. The van der Waals surface area contributed by atoms with E-state index in [-0.39, 0.29) is 5.38 Å². The predicted molar refractivity (Wildman–Crippen MR) is 91.0 cm³/mol. The van der Waals surface area contributed by atoms with Crippen LogP contribution in [0.2, 0.25) is 5.02 Å². The van der Waals surface area contributed by atoms with Crippen molar-refractivity contribution in [2.75, 3.05) is 0 Å². The Morgan fingerprint density at radius 3 is 1.86 bits per heavy atom. The van der Waals surface area contributed by atoms with E-state index in [9.17, 15) is 0 Å². The summed E-state index contributed by atoms with van der Waals surface area (Å²) in [5, 5.41) is 0.466. The van der Waals surface area contributed by atoms with Gasteiger partial charge >= 0.3 is 0 Å². The molecule has 3 rings (SSSR count). The third-order valence-corrected chi connectivity index (χ3v) is 4.32. The highest BCUT2D eigenvalue weighted by Crippen LogP contribution is 2.34. The molecule has 0 N–H and O–H groups in total. The number of rotatable bonds is 3. The first-order valence-electron chi connectivity index (χ1n) is 6.79. The molecule has 0 saturated carbocycles. The standard InChI is InChI=1S/C19H14Cl2/c20-18-9-5-4-8-17(18)19(21)16-12-10-15(11-13-16)14-6-2-1-3-7-14/h1-13,19H. The van der Waals surface area contributed by atoms with E-state index in [2.05, 4.69) is 36.4 Å². The molecule has 104 valence electrons. The molecule has 0 aliphatic heterocycles. The van der Waals surface area contributed by atoms with Gasteiger partial charge in [-0.1, -0.05) is 84.4 Å². The van der Waals surface area contributed by atoms with Crippen LogP contribution in [0.1, 0.15) is 16.5 Å². The lowest BCUT2D eigenvalue weighted by Crippen LogP contribution is -1.94. The SMILES string of the molecule is Clc1ccccc1C(Cl)c1ccc(-c2ccccc2)cc1. The second kappa shape index (κ2) is 6.34. The van der Waals surface area contributed by atoms with E-state index >= 15 is 0 Å². The Labute approximate surface area is 135 Å². The van der Waals surface area contributed by atoms with Gasteiger partial charge < -0.3 is 0 Å². The molecule has 0 bridgehead atoms. The van der Waals surface area contributed by atoms with Crippen LogP contribution >= 0.6 is 23.2 Å². The monoisotopic (exact) mass is 312 g/mol. The molecule has 0 fully saturated rings. The van der Waals surface area contributed by atoms with Crippen LogP contribution in [0.3, 0.4) is 0 Å². The van der Waals surface area contributed by atoms with E-state index in [1.807, 2.05) is 42.5 Å². The zero-order valence-corrected chi connectivity index (χ0v) is 12.9. The first kappa shape index (κ1) is 14.2. The Balaban J connectivity index is 1.89. The maximum absolute atomic E-state index is 6.55.